The highest BCUT2D eigenvalue weighted by atomic mass is 32.1. The van der Waals surface area contributed by atoms with Crippen LogP contribution in [-0.2, 0) is 4.74 Å². The van der Waals surface area contributed by atoms with E-state index < -0.39 is 0 Å². The summed E-state index contributed by atoms with van der Waals surface area (Å²) in [5.41, 5.74) is 2.27. The molecular formula is C14H19N7OS. The minimum Gasteiger partial charge on any atom is -0.367 e. The zero-order valence-electron chi connectivity index (χ0n) is 12.8. The number of anilines is 1. The van der Waals surface area contributed by atoms with E-state index in [1.807, 2.05) is 18.4 Å². The van der Waals surface area contributed by atoms with E-state index in [2.05, 4.69) is 26.7 Å². The number of thiazole rings is 1. The molecule has 122 valence electrons. The molecule has 1 saturated heterocycles. The van der Waals surface area contributed by atoms with Gasteiger partial charge in [-0.15, -0.1) is 16.4 Å². The van der Waals surface area contributed by atoms with Crippen molar-refractivity contribution < 1.29 is 4.74 Å². The minimum atomic E-state index is -0.0891. The van der Waals surface area contributed by atoms with Crippen LogP contribution in [0, 0.1) is 0 Å². The van der Waals surface area contributed by atoms with Gasteiger partial charge in [0.05, 0.1) is 18.8 Å². The van der Waals surface area contributed by atoms with Crippen LogP contribution >= 0.6 is 11.3 Å². The van der Waals surface area contributed by atoms with Crippen LogP contribution < -0.4 is 22.1 Å². The number of morpholine rings is 1. The molecule has 0 amide bonds. The van der Waals surface area contributed by atoms with E-state index in [0.717, 1.165) is 28.6 Å². The zero-order chi connectivity index (χ0) is 16.4. The van der Waals surface area contributed by atoms with E-state index in [1.165, 1.54) is 4.79 Å². The predicted molar refractivity (Wildman–Crippen MR) is 89.9 cm³/mol. The van der Waals surface area contributed by atoms with Crippen molar-refractivity contribution in [2.75, 3.05) is 30.4 Å². The van der Waals surface area contributed by atoms with Crippen molar-refractivity contribution in [3.8, 4) is 0 Å². The molecule has 1 unspecified atom stereocenters. The van der Waals surface area contributed by atoms with Gasteiger partial charge >= 0.3 is 0 Å². The van der Waals surface area contributed by atoms with Crippen molar-refractivity contribution in [3.05, 3.63) is 40.3 Å². The molecule has 8 nitrogen and oxygen atoms in total. The minimum absolute atomic E-state index is 0.0891. The van der Waals surface area contributed by atoms with Gasteiger partial charge in [0.1, 0.15) is 11.1 Å². The van der Waals surface area contributed by atoms with Gasteiger partial charge in [-0.25, -0.2) is 4.98 Å². The molecule has 0 bridgehead atoms. The lowest BCUT2D eigenvalue weighted by Gasteiger charge is -2.32. The maximum absolute atomic E-state index is 5.86. The Labute approximate surface area is 137 Å². The first kappa shape index (κ1) is 15.5. The number of hydrogen-bond acceptors (Lipinski definition) is 8. The van der Waals surface area contributed by atoms with Gasteiger partial charge in [0.2, 0.25) is 0 Å². The molecule has 0 aromatic carbocycles. The fourth-order valence-corrected chi connectivity index (χ4v) is 3.26. The highest BCUT2D eigenvalue weighted by Crippen LogP contribution is 2.28. The van der Waals surface area contributed by atoms with Crippen LogP contribution in [0.25, 0.3) is 5.57 Å². The number of allylic oxidation sites excluding steroid dienone is 1. The number of rotatable bonds is 3. The van der Waals surface area contributed by atoms with Crippen molar-refractivity contribution in [1.29, 1.82) is 0 Å². The summed E-state index contributed by atoms with van der Waals surface area (Å²) in [7, 11) is 0. The van der Waals surface area contributed by atoms with Crippen LogP contribution in [0.15, 0.2) is 29.2 Å². The van der Waals surface area contributed by atoms with E-state index in [-0.39, 0.29) is 6.10 Å². The number of ether oxygens (including phenoxy) is 1. The first-order valence-corrected chi connectivity index (χ1v) is 8.03. The van der Waals surface area contributed by atoms with Gasteiger partial charge in [0.25, 0.3) is 0 Å². The van der Waals surface area contributed by atoms with Gasteiger partial charge in [-0.1, -0.05) is 6.58 Å². The number of hydrogen-bond donors (Lipinski definition) is 2. The summed E-state index contributed by atoms with van der Waals surface area (Å²) >= 11 is 1.59. The first-order chi connectivity index (χ1) is 11.1. The summed E-state index contributed by atoms with van der Waals surface area (Å²) in [6.45, 7) is 7.86. The predicted octanol–water partition coefficient (Wildman–Crippen LogP) is 0.439. The van der Waals surface area contributed by atoms with Gasteiger partial charge in [-0.05, 0) is 24.6 Å². The van der Waals surface area contributed by atoms with Crippen LogP contribution in [0.1, 0.15) is 23.7 Å². The van der Waals surface area contributed by atoms with Crippen LogP contribution in [0.2, 0.25) is 0 Å². The summed E-state index contributed by atoms with van der Waals surface area (Å²) in [4.78, 5) is 7.87. The SMILES string of the molecule is C=C(C)c1csc(C2CN(c3cc/c(=N/N)n(N)n3)CCO2)n1. The summed E-state index contributed by atoms with van der Waals surface area (Å²) in [6, 6.07) is 3.58. The molecule has 0 aliphatic carbocycles. The normalized spacial score (nSPS) is 19.1. The molecule has 0 saturated carbocycles. The second kappa shape index (κ2) is 6.39. The molecule has 9 heteroatoms. The number of aromatic nitrogens is 3. The molecule has 1 atom stereocenters. The average molecular weight is 333 g/mol. The quantitative estimate of drug-likeness (QED) is 0.623. The molecule has 1 aliphatic rings. The van der Waals surface area contributed by atoms with Gasteiger partial charge < -0.3 is 21.3 Å². The Bertz CT molecular complexity index is 781. The maximum atomic E-state index is 5.86. The largest absolute Gasteiger partial charge is 0.367 e. The van der Waals surface area contributed by atoms with Crippen LogP contribution in [0.4, 0.5) is 5.82 Å². The lowest BCUT2D eigenvalue weighted by atomic mass is 10.2. The summed E-state index contributed by atoms with van der Waals surface area (Å²) in [5.74, 6) is 11.8. The van der Waals surface area contributed by atoms with Gasteiger partial charge in [0.15, 0.2) is 11.3 Å². The standard InChI is InChI=1S/C14H19N7OS/c1-9(2)10-8-23-14(17-10)11-7-20(5-6-22-11)13-4-3-12(18-15)21(16)19-13/h3-4,8,11H,1,5-7,15-16H2,2H3/b18-12-. The summed E-state index contributed by atoms with van der Waals surface area (Å²) in [6.07, 6.45) is -0.0891. The number of nitrogens with zero attached hydrogens (tertiary/aromatic N) is 5. The fraction of sp³-hybridized carbons (Fsp3) is 0.357. The van der Waals surface area contributed by atoms with Crippen LogP contribution in [0.5, 0.6) is 0 Å². The average Bonchev–Trinajstić information content (AvgIpc) is 3.05. The Morgan fingerprint density at radius 3 is 3.00 bits per heavy atom. The Balaban J connectivity index is 1.80. The Hall–Kier alpha value is -2.39. The maximum Gasteiger partial charge on any atom is 0.190 e. The van der Waals surface area contributed by atoms with E-state index in [1.54, 1.807) is 17.4 Å². The lowest BCUT2D eigenvalue weighted by molar-refractivity contribution is 0.0392. The molecule has 3 heterocycles. The molecule has 23 heavy (non-hydrogen) atoms. The molecule has 4 N–H and O–H groups in total. The number of nitrogens with two attached hydrogens (primary N) is 2. The van der Waals surface area contributed by atoms with Gasteiger partial charge in [-0.3, -0.25) is 0 Å². The monoisotopic (exact) mass is 333 g/mol. The zero-order valence-corrected chi connectivity index (χ0v) is 13.7. The lowest BCUT2D eigenvalue weighted by Crippen LogP contribution is -2.41. The fourth-order valence-electron chi connectivity index (χ4n) is 2.33. The summed E-state index contributed by atoms with van der Waals surface area (Å²) in [5, 5.41) is 10.8. The Morgan fingerprint density at radius 1 is 1.52 bits per heavy atom. The van der Waals surface area contributed by atoms with Crippen molar-refractivity contribution in [2.24, 2.45) is 10.9 Å². The Kier molecular flexibility index (Phi) is 4.30. The molecule has 1 fully saturated rings. The topological polar surface area (TPSA) is 108 Å². The molecule has 3 rings (SSSR count). The molecule has 0 spiro atoms. The second-order valence-electron chi connectivity index (χ2n) is 5.28. The van der Waals surface area contributed by atoms with Crippen molar-refractivity contribution >= 4 is 22.7 Å². The third-order valence-corrected chi connectivity index (χ3v) is 4.52. The van der Waals surface area contributed by atoms with Crippen molar-refractivity contribution in [3.63, 3.8) is 0 Å². The van der Waals surface area contributed by atoms with E-state index in [4.69, 9.17) is 16.4 Å². The first-order valence-electron chi connectivity index (χ1n) is 7.15. The molecule has 2 aromatic rings. The van der Waals surface area contributed by atoms with E-state index in [9.17, 15) is 0 Å². The van der Waals surface area contributed by atoms with Gasteiger partial charge in [0, 0.05) is 11.9 Å². The number of nitrogen functional groups attached to an aromatic ring is 1. The Morgan fingerprint density at radius 2 is 2.35 bits per heavy atom. The second-order valence-corrected chi connectivity index (χ2v) is 6.17. The van der Waals surface area contributed by atoms with Crippen molar-refractivity contribution in [2.45, 2.75) is 13.0 Å². The third kappa shape index (κ3) is 3.20. The van der Waals surface area contributed by atoms with E-state index in [0.29, 0.717) is 18.6 Å². The van der Waals surface area contributed by atoms with E-state index >= 15 is 0 Å². The molecule has 1 aliphatic heterocycles. The molecule has 2 aromatic heterocycles. The van der Waals surface area contributed by atoms with Crippen LogP contribution in [-0.4, -0.2) is 34.6 Å². The van der Waals surface area contributed by atoms with Gasteiger partial charge in [-0.2, -0.15) is 9.89 Å². The van der Waals surface area contributed by atoms with Crippen LogP contribution in [0.3, 0.4) is 0 Å². The highest BCUT2D eigenvalue weighted by molar-refractivity contribution is 7.09. The smallest absolute Gasteiger partial charge is 0.190 e. The molecule has 0 radical (unpaired) electrons. The molecular weight excluding hydrogens is 314 g/mol. The van der Waals surface area contributed by atoms with Crippen molar-refractivity contribution in [1.82, 2.24) is 14.9 Å². The third-order valence-electron chi connectivity index (χ3n) is 3.58. The summed E-state index contributed by atoms with van der Waals surface area (Å²) < 4.78 is 5.86. The highest BCUT2D eigenvalue weighted by Gasteiger charge is 2.25.